The lowest BCUT2D eigenvalue weighted by Gasteiger charge is -1.90. The van der Waals surface area contributed by atoms with Crippen LogP contribution in [0.5, 0.6) is 5.88 Å². The Morgan fingerprint density at radius 2 is 2.56 bits per heavy atom. The number of nitrogens with zero attached hydrogens (tertiary/aromatic N) is 2. The second kappa shape index (κ2) is 2.76. The van der Waals surface area contributed by atoms with Crippen molar-refractivity contribution < 1.29 is 9.53 Å². The van der Waals surface area contributed by atoms with Gasteiger partial charge in [0.1, 0.15) is 6.33 Å². The molecule has 0 saturated heterocycles. The third-order valence-electron chi connectivity index (χ3n) is 0.724. The van der Waals surface area contributed by atoms with Gasteiger partial charge in [-0.25, -0.2) is 9.97 Å². The molecule has 4 nitrogen and oxygen atoms in total. The van der Waals surface area contributed by atoms with Gasteiger partial charge in [0.15, 0.2) is 0 Å². The average Bonchev–Trinajstić information content (AvgIpc) is 1.91. The fraction of sp³-hybridized carbons (Fsp3) is 0. The first kappa shape index (κ1) is 5.68. The zero-order chi connectivity index (χ0) is 6.53. The zero-order valence-electron chi connectivity index (χ0n) is 4.52. The topological polar surface area (TPSA) is 52.1 Å². The molecule has 0 amide bonds. The minimum absolute atomic E-state index is 0.264. The van der Waals surface area contributed by atoms with Gasteiger partial charge in [-0.3, -0.25) is 4.79 Å². The van der Waals surface area contributed by atoms with Crippen LogP contribution in [0, 0.1) is 0 Å². The molecule has 0 N–H and O–H groups in total. The first-order chi connectivity index (χ1) is 4.43. The van der Waals surface area contributed by atoms with Crippen molar-refractivity contribution in [2.75, 3.05) is 0 Å². The van der Waals surface area contributed by atoms with Crippen molar-refractivity contribution in [3.8, 4) is 5.88 Å². The minimum Gasteiger partial charge on any atom is -0.410 e. The summed E-state index contributed by atoms with van der Waals surface area (Å²) in [7, 11) is 0. The molecule has 0 aliphatic rings. The minimum atomic E-state index is 0.264. The maximum Gasteiger partial charge on any atom is 0.299 e. The van der Waals surface area contributed by atoms with Crippen LogP contribution < -0.4 is 4.74 Å². The molecule has 0 unspecified atom stereocenters. The van der Waals surface area contributed by atoms with E-state index < -0.39 is 0 Å². The Balaban J connectivity index is 2.72. The Hall–Kier alpha value is -1.45. The molecular weight excluding hydrogens is 120 g/mol. The third-order valence-corrected chi connectivity index (χ3v) is 0.724. The summed E-state index contributed by atoms with van der Waals surface area (Å²) in [6, 6.07) is 1.49. The van der Waals surface area contributed by atoms with Gasteiger partial charge in [-0.1, -0.05) is 0 Å². The second-order valence-corrected chi connectivity index (χ2v) is 1.26. The monoisotopic (exact) mass is 124 g/mol. The summed E-state index contributed by atoms with van der Waals surface area (Å²) < 4.78 is 4.37. The Morgan fingerprint density at radius 1 is 1.67 bits per heavy atom. The molecule has 1 heterocycles. The summed E-state index contributed by atoms with van der Waals surface area (Å²) in [4.78, 5) is 16.9. The molecular formula is C5H4N2O2. The highest BCUT2D eigenvalue weighted by Crippen LogP contribution is 1.98. The highest BCUT2D eigenvalue weighted by molar-refractivity contribution is 5.42. The summed E-state index contributed by atoms with van der Waals surface area (Å²) >= 11 is 0. The number of ether oxygens (including phenoxy) is 1. The van der Waals surface area contributed by atoms with Gasteiger partial charge in [-0.15, -0.1) is 0 Å². The molecule has 0 fully saturated rings. The molecule has 0 saturated carbocycles. The van der Waals surface area contributed by atoms with Crippen LogP contribution in [0.15, 0.2) is 18.6 Å². The molecule has 0 aliphatic carbocycles. The highest BCUT2D eigenvalue weighted by atomic mass is 16.5. The maximum absolute atomic E-state index is 9.69. The number of hydrogen-bond acceptors (Lipinski definition) is 4. The van der Waals surface area contributed by atoms with Gasteiger partial charge in [0.25, 0.3) is 6.47 Å². The van der Waals surface area contributed by atoms with Crippen molar-refractivity contribution in [3.63, 3.8) is 0 Å². The molecule has 0 bridgehead atoms. The van der Waals surface area contributed by atoms with Gasteiger partial charge in [-0.2, -0.15) is 0 Å². The van der Waals surface area contributed by atoms with Crippen LogP contribution in [0.1, 0.15) is 0 Å². The molecule has 0 spiro atoms. The van der Waals surface area contributed by atoms with E-state index in [0.29, 0.717) is 6.47 Å². The Labute approximate surface area is 51.5 Å². The van der Waals surface area contributed by atoms with Crippen LogP contribution in [-0.4, -0.2) is 16.4 Å². The summed E-state index contributed by atoms with van der Waals surface area (Å²) in [5, 5.41) is 0. The summed E-state index contributed by atoms with van der Waals surface area (Å²) in [5.74, 6) is 0.264. The predicted octanol–water partition coefficient (Wildman–Crippen LogP) is 0.0118. The average molecular weight is 124 g/mol. The number of rotatable bonds is 2. The van der Waals surface area contributed by atoms with Gasteiger partial charge in [-0.05, 0) is 0 Å². The standard InChI is InChI=1S/C5H4N2O2/c8-4-9-5-1-2-6-3-7-5/h1-4H. The summed E-state index contributed by atoms with van der Waals surface area (Å²) in [6.07, 6.45) is 2.80. The van der Waals surface area contributed by atoms with Crippen LogP contribution >= 0.6 is 0 Å². The molecule has 0 aromatic carbocycles. The lowest BCUT2D eigenvalue weighted by molar-refractivity contribution is -0.120. The van der Waals surface area contributed by atoms with E-state index in [9.17, 15) is 4.79 Å². The second-order valence-electron chi connectivity index (χ2n) is 1.26. The van der Waals surface area contributed by atoms with Crippen LogP contribution in [0.25, 0.3) is 0 Å². The quantitative estimate of drug-likeness (QED) is 0.521. The van der Waals surface area contributed by atoms with Crippen molar-refractivity contribution in [1.82, 2.24) is 9.97 Å². The summed E-state index contributed by atoms with van der Waals surface area (Å²) in [5.41, 5.74) is 0. The van der Waals surface area contributed by atoms with Gasteiger partial charge in [0, 0.05) is 12.3 Å². The molecule has 0 aliphatic heterocycles. The van der Waals surface area contributed by atoms with Gasteiger partial charge in [0.05, 0.1) is 0 Å². The first-order valence-corrected chi connectivity index (χ1v) is 2.30. The van der Waals surface area contributed by atoms with E-state index >= 15 is 0 Å². The van der Waals surface area contributed by atoms with Crippen molar-refractivity contribution in [1.29, 1.82) is 0 Å². The normalized spacial score (nSPS) is 8.44. The van der Waals surface area contributed by atoms with Crippen molar-refractivity contribution in [2.45, 2.75) is 0 Å². The number of carbonyl (C=O) groups excluding carboxylic acids is 1. The third kappa shape index (κ3) is 1.49. The fourth-order valence-corrected chi connectivity index (χ4v) is 0.398. The molecule has 0 atom stereocenters. The van der Waals surface area contributed by atoms with Gasteiger partial charge in [0.2, 0.25) is 5.88 Å². The van der Waals surface area contributed by atoms with Crippen molar-refractivity contribution in [2.24, 2.45) is 0 Å². The Bertz CT molecular complexity index is 187. The van der Waals surface area contributed by atoms with E-state index in [1.54, 1.807) is 0 Å². The predicted molar refractivity (Wildman–Crippen MR) is 28.7 cm³/mol. The molecule has 1 rings (SSSR count). The number of aromatic nitrogens is 2. The zero-order valence-corrected chi connectivity index (χ0v) is 4.52. The lowest BCUT2D eigenvalue weighted by Crippen LogP contribution is -1.90. The van der Waals surface area contributed by atoms with E-state index in [0.717, 1.165) is 0 Å². The Kier molecular flexibility index (Phi) is 1.74. The highest BCUT2D eigenvalue weighted by Gasteiger charge is 1.87. The van der Waals surface area contributed by atoms with Crippen LogP contribution in [0.4, 0.5) is 0 Å². The van der Waals surface area contributed by atoms with E-state index in [1.165, 1.54) is 18.6 Å². The van der Waals surface area contributed by atoms with Gasteiger partial charge < -0.3 is 4.74 Å². The molecule has 46 valence electrons. The smallest absolute Gasteiger partial charge is 0.299 e. The molecule has 0 radical (unpaired) electrons. The fourth-order valence-electron chi connectivity index (χ4n) is 0.398. The van der Waals surface area contributed by atoms with Crippen LogP contribution in [-0.2, 0) is 4.79 Å². The van der Waals surface area contributed by atoms with E-state index in [-0.39, 0.29) is 5.88 Å². The van der Waals surface area contributed by atoms with Crippen molar-refractivity contribution >= 4 is 6.47 Å². The largest absolute Gasteiger partial charge is 0.410 e. The van der Waals surface area contributed by atoms with Gasteiger partial charge >= 0.3 is 0 Å². The first-order valence-electron chi connectivity index (χ1n) is 2.30. The van der Waals surface area contributed by atoms with E-state index in [1.807, 2.05) is 0 Å². The lowest BCUT2D eigenvalue weighted by atomic mass is 10.6. The van der Waals surface area contributed by atoms with E-state index in [4.69, 9.17) is 0 Å². The molecule has 4 heteroatoms. The summed E-state index contributed by atoms with van der Waals surface area (Å²) in [6.45, 7) is 0.322. The van der Waals surface area contributed by atoms with Crippen LogP contribution in [0.2, 0.25) is 0 Å². The van der Waals surface area contributed by atoms with Crippen molar-refractivity contribution in [3.05, 3.63) is 18.6 Å². The maximum atomic E-state index is 9.69. The SMILES string of the molecule is O=COc1ccncn1. The van der Waals surface area contributed by atoms with Crippen LogP contribution in [0.3, 0.4) is 0 Å². The molecule has 9 heavy (non-hydrogen) atoms. The molecule has 1 aromatic heterocycles. The Morgan fingerprint density at radius 3 is 3.11 bits per heavy atom. The number of hydrogen-bond donors (Lipinski definition) is 0. The van der Waals surface area contributed by atoms with E-state index in [2.05, 4.69) is 14.7 Å². The number of carbonyl (C=O) groups is 1. The molecule has 1 aromatic rings.